The van der Waals surface area contributed by atoms with E-state index in [4.69, 9.17) is 72.5 Å². The first-order valence-electron chi connectivity index (χ1n) is 27.0. The molecule has 45 nitrogen and oxygen atoms in total. The number of rotatable bonds is 22. The number of aliphatic hydroxyl groups is 22. The summed E-state index contributed by atoms with van der Waals surface area (Å²) in [6.07, 6.45) is -55.8. The van der Waals surface area contributed by atoms with E-state index in [1.54, 1.807) is 0 Å². The quantitative estimate of drug-likeness (QED) is 0.0272. The van der Waals surface area contributed by atoms with Crippen LogP contribution in [0.5, 0.6) is 0 Å². The van der Waals surface area contributed by atoms with Crippen molar-refractivity contribution in [3.8, 4) is 0 Å². The summed E-state index contributed by atoms with van der Waals surface area (Å²) in [7, 11) is 0. The highest BCUT2D eigenvalue weighted by molar-refractivity contribution is 5.85. The first-order chi connectivity index (χ1) is 43.7. The normalized spacial score (nSPS) is 41.4. The molecule has 6 aliphatic rings. The molecule has 28 N–H and O–H groups in total. The van der Waals surface area contributed by atoms with Gasteiger partial charge in [0.2, 0.25) is 17.7 Å². The lowest BCUT2D eigenvalue weighted by Gasteiger charge is -2.49. The van der Waals surface area contributed by atoms with Gasteiger partial charge in [-0.3, -0.25) is 14.4 Å². The Morgan fingerprint density at radius 1 is 0.419 bits per heavy atom. The summed E-state index contributed by atoms with van der Waals surface area (Å²) in [6, 6.07) is 0. The number of carbonyl (C=O) groups excluding carboxylic acids is 6. The van der Waals surface area contributed by atoms with Crippen LogP contribution in [0.3, 0.4) is 0 Å². The largest absolute Gasteiger partial charge is 0.878 e. The van der Waals surface area contributed by atoms with E-state index in [1.165, 1.54) is 0 Å². The number of nitrogens with two attached hydrogens (primary N) is 3. The fourth-order valence-electron chi connectivity index (χ4n) is 8.97. The second-order valence-electron chi connectivity index (χ2n) is 20.1. The van der Waals surface area contributed by atoms with Crippen LogP contribution in [0.2, 0.25) is 0 Å². The van der Waals surface area contributed by atoms with Crippen LogP contribution in [-0.4, -0.2) is 386 Å². The maximum Gasteiger partial charge on any atom is 0.240 e. The van der Waals surface area contributed by atoms with Crippen molar-refractivity contribution in [2.24, 2.45) is 17.2 Å². The predicted octanol–water partition coefficient (Wildman–Crippen LogP) is -21.4. The van der Waals surface area contributed by atoms with E-state index >= 15 is 0 Å². The molecule has 0 aromatic heterocycles. The second-order valence-corrected chi connectivity index (χ2v) is 20.1. The Bertz CT molecular complexity index is 2180. The molecule has 6 aliphatic heterocycles. The van der Waals surface area contributed by atoms with Crippen LogP contribution in [-0.2, 0) is 80.9 Å². The van der Waals surface area contributed by atoms with Crippen LogP contribution in [0, 0.1) is 0 Å². The van der Waals surface area contributed by atoms with Crippen LogP contribution in [0.15, 0.2) is 12.3 Å². The van der Waals surface area contributed by atoms with Crippen LogP contribution >= 0.6 is 0 Å². The molecule has 6 heterocycles. The topological polar surface area (TPSA) is 796 Å². The van der Waals surface area contributed by atoms with Gasteiger partial charge < -0.3 is 211 Å². The number of aliphatic hydroxyl groups excluding tert-OH is 22. The second kappa shape index (κ2) is 42.2. The Morgan fingerprint density at radius 3 is 0.989 bits per heavy atom. The number of carboxylic acids is 1. The molecular weight excluding hydrogens is 1290 g/mol. The van der Waals surface area contributed by atoms with Gasteiger partial charge in [-0.2, -0.15) is 0 Å². The summed E-state index contributed by atoms with van der Waals surface area (Å²) in [5, 5.41) is 249. The van der Waals surface area contributed by atoms with E-state index in [1.807, 2.05) is 13.6 Å². The van der Waals surface area contributed by atoms with E-state index in [-0.39, 0.29) is 1.43 Å². The molecule has 32 atom stereocenters. The molecule has 45 heteroatoms. The molecule has 0 saturated carbocycles. The van der Waals surface area contributed by atoms with E-state index in [2.05, 4.69) is 11.5 Å². The summed E-state index contributed by atoms with van der Waals surface area (Å²) >= 11 is 0. The highest BCUT2D eigenvalue weighted by Crippen LogP contribution is 2.35. The zero-order valence-corrected chi connectivity index (χ0v) is 48.4. The lowest BCUT2D eigenvalue weighted by atomic mass is 9.96. The lowest BCUT2D eigenvalue weighted by molar-refractivity contribution is -0.509. The molecule has 0 radical (unpaired) electrons. The lowest BCUT2D eigenvalue weighted by Crippen LogP contribution is -2.67. The van der Waals surface area contributed by atoms with Gasteiger partial charge in [0.15, 0.2) is 37.7 Å². The monoisotopic (exact) mass is 1380 g/mol. The number of hydrogen-bond donors (Lipinski definition) is 25. The highest BCUT2D eigenvalue weighted by Gasteiger charge is 2.56. The van der Waals surface area contributed by atoms with Crippen molar-refractivity contribution in [1.29, 1.82) is 0 Å². The van der Waals surface area contributed by atoms with Crippen LogP contribution in [0.25, 0.3) is 0 Å². The third-order valence-corrected chi connectivity index (χ3v) is 13.7. The van der Waals surface area contributed by atoms with Crippen molar-refractivity contribution in [3.05, 3.63) is 12.3 Å². The highest BCUT2D eigenvalue weighted by atomic mass is 16.8. The van der Waals surface area contributed by atoms with Gasteiger partial charge in [0.1, 0.15) is 166 Å². The van der Waals surface area contributed by atoms with Gasteiger partial charge in [-0.1, -0.05) is 0 Å². The van der Waals surface area contributed by atoms with Gasteiger partial charge in [-0.15, -0.1) is 6.26 Å². The standard InChI is InChI=1S/C21H36NO18.C18H32O16.C4H7NO4.C3H5NO2.2CH2O.H2/c22-8(26)1-9(27)38-18-11(29)10(28)5(2-23)36-21(18)40-17-7(4-25)37-20(15(33)13(17)31)39-16-6(3-24)35-19(34)14(32)12(16)30;19-1-4-7(22)8(23)12(27)17(31-4)34-15-6(3-21)32-18(13(28)10(15)25)33-14-5(2-20)30-16(29)11(26)9(14)24;5-3(7)1-2(6)4(8)9;4-3(6)1-2-5;2*1-2;/h5-7,9-21,23-25,28-34H,1-4H2,(H2,22,26);4-29H,1-3H2;2,6H,1H2,(H2,5,7)(H,8,9);1-2,5H,(H2,4,6);2*1H2;1H/q-1;;;;;;/p-2/b;;;2-1-;;;/i;;;;;;1+1. The molecule has 546 valence electrons. The average Bonchev–Trinajstić information content (AvgIpc) is 0.792. The fourth-order valence-corrected chi connectivity index (χ4v) is 8.97. The van der Waals surface area contributed by atoms with Crippen LogP contribution in [0.4, 0.5) is 0 Å². The number of primary amides is 3. The first-order valence-corrected chi connectivity index (χ1v) is 27.0. The summed E-state index contributed by atoms with van der Waals surface area (Å²) in [5.74, 6) is -4.30. The van der Waals surface area contributed by atoms with Crippen molar-refractivity contribution < 1.29 is 210 Å². The maximum atomic E-state index is 12.1. The Hall–Kier alpha value is -4.60. The summed E-state index contributed by atoms with van der Waals surface area (Å²) in [4.78, 5) is 56.2. The number of aliphatic carboxylic acids is 1. The van der Waals surface area contributed by atoms with Gasteiger partial charge in [-0.25, -0.2) is 0 Å². The van der Waals surface area contributed by atoms with Gasteiger partial charge in [0, 0.05) is 7.85 Å². The minimum Gasteiger partial charge on any atom is -0.878 e. The molecule has 6 rings (SSSR count). The Morgan fingerprint density at radius 2 is 0.699 bits per heavy atom. The Labute approximate surface area is 525 Å². The number of carboxylic acid groups (broad SMARTS) is 1. The van der Waals surface area contributed by atoms with Gasteiger partial charge in [0.25, 0.3) is 0 Å². The molecule has 93 heavy (non-hydrogen) atoms. The Balaban J connectivity index is 0.00000144. The average molecular weight is 1380 g/mol. The summed E-state index contributed by atoms with van der Waals surface area (Å²) < 4.78 is 58.3. The van der Waals surface area contributed by atoms with Crippen molar-refractivity contribution in [3.63, 3.8) is 0 Å². The molecule has 0 spiro atoms. The fraction of sp³-hybridized carbons (Fsp3) is 0.833. The number of amides is 3. The third-order valence-electron chi connectivity index (χ3n) is 13.7. The molecular formula is C48H84N3O42-3. The molecule has 0 aliphatic carbocycles. The number of carbonyl (C=O) groups is 6. The zero-order valence-electron chi connectivity index (χ0n) is 48.4. The Kier molecular flexibility index (Phi) is 39.2. The SMILES string of the molecule is C=O.C=O.NC(=O)/C=C\[O-].NC(=O)CC(O)C(=O)[O-].NC(=O)CC([O-])OC1C(OC2C(CO)OC(OC3C(CO)OC(O)C(O)C3O)C(O)C2O)OC(CO)C(O)C1O.OCC1OC(OC2C(CO)OC(OC3C(CO)OC(O)C(O)C3O)C(O)C2O)C(O)C(O)C1O.[2HH]. The van der Waals surface area contributed by atoms with Crippen LogP contribution < -0.4 is 32.5 Å². The van der Waals surface area contributed by atoms with Crippen molar-refractivity contribution in [1.82, 2.24) is 0 Å². The molecule has 3 amide bonds. The van der Waals surface area contributed by atoms with Crippen molar-refractivity contribution in [2.75, 3.05) is 39.6 Å². The summed E-state index contributed by atoms with van der Waals surface area (Å²) in [5.41, 5.74) is 14.0. The minimum absolute atomic E-state index is 0. The minimum atomic E-state index is -2.15. The predicted molar refractivity (Wildman–Crippen MR) is 278 cm³/mol. The molecule has 0 aromatic rings. The van der Waals surface area contributed by atoms with Crippen molar-refractivity contribution >= 4 is 37.3 Å². The molecule has 0 bridgehead atoms. The van der Waals surface area contributed by atoms with E-state index in [0.29, 0.717) is 6.26 Å². The molecule has 32 unspecified atom stereocenters. The van der Waals surface area contributed by atoms with E-state index in [9.17, 15) is 142 Å². The third kappa shape index (κ3) is 24.2. The smallest absolute Gasteiger partial charge is 0.240 e. The maximum absolute atomic E-state index is 12.1. The molecule has 6 fully saturated rings. The van der Waals surface area contributed by atoms with Gasteiger partial charge in [-0.05, 0) is 12.4 Å². The van der Waals surface area contributed by atoms with Crippen LogP contribution in [0.1, 0.15) is 14.3 Å². The first kappa shape index (κ1) is 86.4. The zero-order chi connectivity index (χ0) is 71.6. The van der Waals surface area contributed by atoms with E-state index < -0.39 is 273 Å². The van der Waals surface area contributed by atoms with E-state index in [0.717, 1.165) is 6.08 Å². The van der Waals surface area contributed by atoms with Crippen molar-refractivity contribution in [2.45, 2.75) is 209 Å². The molecule has 0 aromatic carbocycles. The number of hydrogen-bond acceptors (Lipinski definition) is 42. The van der Waals surface area contributed by atoms with Gasteiger partial charge in [0.05, 0.1) is 52.0 Å². The molecule has 6 saturated heterocycles. The van der Waals surface area contributed by atoms with Gasteiger partial charge >= 0.3 is 0 Å². The summed E-state index contributed by atoms with van der Waals surface area (Å²) in [6.45, 7) is -0.861. The number of ether oxygens (including phenoxy) is 11.